The van der Waals surface area contributed by atoms with E-state index < -0.39 is 35.6 Å². The zero-order chi connectivity index (χ0) is 26.9. The van der Waals surface area contributed by atoms with E-state index in [9.17, 15) is 22.8 Å². The van der Waals surface area contributed by atoms with Gasteiger partial charge in [-0.1, -0.05) is 23.2 Å². The molecule has 0 spiro atoms. The van der Waals surface area contributed by atoms with Gasteiger partial charge in [0.05, 0.1) is 5.39 Å². The Bertz CT molecular complexity index is 1530. The van der Waals surface area contributed by atoms with E-state index >= 15 is 0 Å². The second-order valence-corrected chi connectivity index (χ2v) is 8.88. The number of nitrogens with one attached hydrogen (secondary N) is 1. The maximum absolute atomic E-state index is 13.8. The molecule has 0 radical (unpaired) electrons. The van der Waals surface area contributed by atoms with Gasteiger partial charge in [-0.2, -0.15) is 13.2 Å². The van der Waals surface area contributed by atoms with Crippen LogP contribution in [0.25, 0.3) is 11.0 Å². The quantitative estimate of drug-likeness (QED) is 0.267. The van der Waals surface area contributed by atoms with Crippen LogP contribution in [-0.2, 0) is 11.0 Å². The number of fused-ring (bicyclic) bond motifs is 1. The summed E-state index contributed by atoms with van der Waals surface area (Å²) in [6.07, 6.45) is -5.03. The number of aryl methyl sites for hydroxylation is 2. The van der Waals surface area contributed by atoms with Gasteiger partial charge in [-0.3, -0.25) is 9.59 Å². The van der Waals surface area contributed by atoms with Gasteiger partial charge in [0.1, 0.15) is 17.1 Å². The van der Waals surface area contributed by atoms with Gasteiger partial charge in [-0.25, -0.2) is 0 Å². The fourth-order valence-corrected chi connectivity index (χ4v) is 3.72. The molecule has 0 fully saturated rings. The molecule has 4 aromatic rings. The van der Waals surface area contributed by atoms with Crippen LogP contribution >= 0.6 is 23.2 Å². The summed E-state index contributed by atoms with van der Waals surface area (Å²) >= 11 is 11.9. The van der Waals surface area contributed by atoms with Crippen LogP contribution in [0.4, 0.5) is 18.9 Å². The van der Waals surface area contributed by atoms with Crippen molar-refractivity contribution in [2.45, 2.75) is 20.0 Å². The summed E-state index contributed by atoms with van der Waals surface area (Å²) in [7, 11) is 0. The zero-order valence-electron chi connectivity index (χ0n) is 19.3. The van der Waals surface area contributed by atoms with Crippen LogP contribution in [-0.4, -0.2) is 12.5 Å². The monoisotopic (exact) mass is 551 g/mol. The third-order valence-corrected chi connectivity index (χ3v) is 6.06. The number of halogens is 5. The van der Waals surface area contributed by atoms with Gasteiger partial charge >= 0.3 is 6.18 Å². The van der Waals surface area contributed by atoms with E-state index in [-0.39, 0.29) is 22.5 Å². The Morgan fingerprint density at radius 3 is 2.24 bits per heavy atom. The number of alkyl halides is 3. The van der Waals surface area contributed by atoms with Crippen molar-refractivity contribution in [3.63, 3.8) is 0 Å². The van der Waals surface area contributed by atoms with E-state index in [1.54, 1.807) is 38.1 Å². The maximum atomic E-state index is 13.8. The van der Waals surface area contributed by atoms with Crippen LogP contribution in [0.1, 0.15) is 16.9 Å². The molecule has 0 aliphatic rings. The second-order valence-electron chi connectivity index (χ2n) is 8.06. The van der Waals surface area contributed by atoms with Crippen molar-refractivity contribution in [2.24, 2.45) is 0 Å². The summed E-state index contributed by atoms with van der Waals surface area (Å²) in [5.41, 5.74) is 0.208. The summed E-state index contributed by atoms with van der Waals surface area (Å²) in [5.74, 6) is -3.10. The highest BCUT2D eigenvalue weighted by Crippen LogP contribution is 2.39. The lowest BCUT2D eigenvalue weighted by atomic mass is 10.1. The topological polar surface area (TPSA) is 77.8 Å². The Balaban J connectivity index is 1.62. The molecule has 1 amide bonds. The first-order valence-electron chi connectivity index (χ1n) is 10.7. The first-order valence-corrected chi connectivity index (χ1v) is 11.5. The molecule has 3 aromatic carbocycles. The van der Waals surface area contributed by atoms with Crippen molar-refractivity contribution < 1.29 is 31.9 Å². The third kappa shape index (κ3) is 6.00. The first kappa shape index (κ1) is 26.4. The molecule has 4 rings (SSSR count). The molecular weight excluding hydrogens is 534 g/mol. The molecule has 0 aliphatic carbocycles. The van der Waals surface area contributed by atoms with E-state index in [0.717, 1.165) is 6.07 Å². The van der Waals surface area contributed by atoms with Crippen molar-refractivity contribution in [2.75, 3.05) is 11.9 Å². The van der Waals surface area contributed by atoms with Crippen molar-refractivity contribution >= 4 is 45.8 Å². The lowest BCUT2D eigenvalue weighted by Gasteiger charge is -2.15. The van der Waals surface area contributed by atoms with Gasteiger partial charge in [-0.15, -0.1) is 0 Å². The third-order valence-electron chi connectivity index (χ3n) is 5.21. The minimum absolute atomic E-state index is 0.00297. The number of carbonyl (C=O) groups excluding carboxylic acids is 1. The molecule has 6 nitrogen and oxygen atoms in total. The smallest absolute Gasteiger partial charge is 0.453 e. The highest BCUT2D eigenvalue weighted by atomic mass is 35.5. The number of carbonyl (C=O) groups is 1. The second kappa shape index (κ2) is 10.4. The number of amides is 1. The molecular formula is C26H18Cl2F3NO5. The van der Waals surface area contributed by atoms with Crippen molar-refractivity contribution in [3.05, 3.63) is 91.8 Å². The summed E-state index contributed by atoms with van der Waals surface area (Å²) in [5, 5.41) is 3.35. The van der Waals surface area contributed by atoms with Crippen molar-refractivity contribution in [1.29, 1.82) is 0 Å². The molecule has 1 N–H and O–H groups in total. The number of anilines is 1. The highest BCUT2D eigenvalue weighted by Gasteiger charge is 2.40. The molecule has 0 aliphatic heterocycles. The maximum Gasteiger partial charge on any atom is 0.453 e. The molecule has 0 saturated carbocycles. The van der Waals surface area contributed by atoms with Crippen LogP contribution in [0.3, 0.4) is 0 Å². The average Bonchev–Trinajstić information content (AvgIpc) is 2.83. The minimum Gasteiger partial charge on any atom is -0.484 e. The van der Waals surface area contributed by atoms with Crippen LogP contribution in [0.5, 0.6) is 17.2 Å². The number of hydrogen-bond acceptors (Lipinski definition) is 5. The number of ether oxygens (including phenoxy) is 2. The Morgan fingerprint density at radius 1 is 0.973 bits per heavy atom. The Kier molecular flexibility index (Phi) is 7.38. The molecule has 192 valence electrons. The predicted octanol–water partition coefficient (Wildman–Crippen LogP) is 7.55. The summed E-state index contributed by atoms with van der Waals surface area (Å²) < 4.78 is 57.4. The van der Waals surface area contributed by atoms with Crippen LogP contribution in [0, 0.1) is 13.8 Å². The lowest BCUT2D eigenvalue weighted by Crippen LogP contribution is -2.20. The summed E-state index contributed by atoms with van der Waals surface area (Å²) in [6, 6.07) is 12.9. The van der Waals surface area contributed by atoms with Gasteiger partial charge in [0, 0.05) is 21.8 Å². The molecule has 0 atom stereocenters. The van der Waals surface area contributed by atoms with E-state index in [1.165, 1.54) is 24.3 Å². The van der Waals surface area contributed by atoms with E-state index in [2.05, 4.69) is 5.32 Å². The van der Waals surface area contributed by atoms with E-state index in [0.29, 0.717) is 26.9 Å². The zero-order valence-corrected chi connectivity index (χ0v) is 20.8. The Hall–Kier alpha value is -3.69. The fourth-order valence-electron chi connectivity index (χ4n) is 3.49. The van der Waals surface area contributed by atoms with Crippen molar-refractivity contribution in [1.82, 2.24) is 0 Å². The molecule has 0 saturated heterocycles. The summed E-state index contributed by atoms with van der Waals surface area (Å²) in [4.78, 5) is 25.2. The van der Waals surface area contributed by atoms with Gasteiger partial charge in [-0.05, 0) is 73.5 Å². The Morgan fingerprint density at radius 2 is 1.62 bits per heavy atom. The first-order chi connectivity index (χ1) is 17.4. The van der Waals surface area contributed by atoms with Gasteiger partial charge in [0.15, 0.2) is 6.61 Å². The minimum atomic E-state index is -5.03. The van der Waals surface area contributed by atoms with Gasteiger partial charge in [0.2, 0.25) is 11.2 Å². The van der Waals surface area contributed by atoms with Crippen LogP contribution in [0.15, 0.2) is 63.8 Å². The molecule has 11 heteroatoms. The average molecular weight is 552 g/mol. The number of hydrogen-bond donors (Lipinski definition) is 1. The Labute approximate surface area is 218 Å². The molecule has 0 unspecified atom stereocenters. The normalized spacial score (nSPS) is 11.4. The van der Waals surface area contributed by atoms with Gasteiger partial charge < -0.3 is 19.2 Å². The van der Waals surface area contributed by atoms with Crippen LogP contribution < -0.4 is 20.2 Å². The molecule has 0 bridgehead atoms. The molecule has 1 aromatic heterocycles. The molecule has 1 heterocycles. The SMILES string of the molecule is Cc1cc(Oc2c(C(F)(F)F)oc3cc(OCC(=O)Nc4ccc(Cl)cc4)ccc3c2=O)cc(C)c1Cl. The summed E-state index contributed by atoms with van der Waals surface area (Å²) in [6.45, 7) is 2.88. The highest BCUT2D eigenvalue weighted by molar-refractivity contribution is 6.32. The largest absolute Gasteiger partial charge is 0.484 e. The number of benzene rings is 3. The standard InChI is InChI=1S/C26H18Cl2F3NO5/c1-13-9-18(10-14(2)22(13)28)36-24-23(34)19-8-7-17(11-20(19)37-25(24)26(29,30)31)35-12-21(33)32-16-5-3-15(27)4-6-16/h3-11H,12H2,1-2H3,(H,32,33). The number of rotatable bonds is 6. The lowest BCUT2D eigenvalue weighted by molar-refractivity contribution is -0.154. The van der Waals surface area contributed by atoms with Crippen molar-refractivity contribution in [3.8, 4) is 17.2 Å². The predicted molar refractivity (Wildman–Crippen MR) is 134 cm³/mol. The molecule has 37 heavy (non-hydrogen) atoms. The van der Waals surface area contributed by atoms with Gasteiger partial charge in [0.25, 0.3) is 11.7 Å². The fraction of sp³-hybridized carbons (Fsp3) is 0.154. The van der Waals surface area contributed by atoms with E-state index in [1.807, 2.05) is 0 Å². The van der Waals surface area contributed by atoms with Crippen LogP contribution in [0.2, 0.25) is 10.0 Å². The van der Waals surface area contributed by atoms with E-state index in [4.69, 9.17) is 37.1 Å².